The monoisotopic (exact) mass is 417 g/mol. The van der Waals surface area contributed by atoms with Gasteiger partial charge >= 0.3 is 0 Å². The lowest BCUT2D eigenvalue weighted by atomic mass is 9.66. The number of fused-ring (bicyclic) bond motifs is 4. The van der Waals surface area contributed by atoms with E-state index in [-0.39, 0.29) is 10.8 Å². The highest BCUT2D eigenvalue weighted by atomic mass is 15.2. The molecule has 3 aliphatic rings. The van der Waals surface area contributed by atoms with E-state index in [0.717, 1.165) is 12.8 Å². The molecule has 32 heavy (non-hydrogen) atoms. The van der Waals surface area contributed by atoms with Gasteiger partial charge < -0.3 is 4.90 Å². The van der Waals surface area contributed by atoms with Gasteiger partial charge in [0, 0.05) is 10.8 Å². The molecule has 1 aliphatic carbocycles. The Morgan fingerprint density at radius 3 is 2.12 bits per heavy atom. The van der Waals surface area contributed by atoms with Gasteiger partial charge in [-0.15, -0.1) is 0 Å². The molecule has 0 N–H and O–H groups in total. The largest absolute Gasteiger partial charge is 0.309 e. The minimum atomic E-state index is -0.0671. The molecule has 0 radical (unpaired) electrons. The molecule has 0 spiro atoms. The first-order valence-electron chi connectivity index (χ1n) is 11.9. The molecule has 0 saturated heterocycles. The lowest BCUT2D eigenvalue weighted by Crippen LogP contribution is -2.38. The van der Waals surface area contributed by atoms with E-state index < -0.39 is 0 Å². The van der Waals surface area contributed by atoms with Crippen LogP contribution in [0.2, 0.25) is 0 Å². The van der Waals surface area contributed by atoms with Crippen LogP contribution in [-0.2, 0) is 10.8 Å². The van der Waals surface area contributed by atoms with Gasteiger partial charge in [-0.2, -0.15) is 0 Å². The summed E-state index contributed by atoms with van der Waals surface area (Å²) >= 11 is 0. The summed E-state index contributed by atoms with van der Waals surface area (Å²) in [5.74, 6) is 0. The lowest BCUT2D eigenvalue weighted by Gasteiger charge is -2.49. The highest BCUT2D eigenvalue weighted by molar-refractivity contribution is 5.93. The molecule has 1 nitrogen and oxygen atoms in total. The Morgan fingerprint density at radius 1 is 0.719 bits per heavy atom. The maximum Gasteiger partial charge on any atom is 0.0543 e. The summed E-state index contributed by atoms with van der Waals surface area (Å²) in [5.41, 5.74) is 13.8. The molecule has 0 unspecified atom stereocenters. The van der Waals surface area contributed by atoms with Gasteiger partial charge in [0.2, 0.25) is 0 Å². The molecule has 3 aromatic carbocycles. The van der Waals surface area contributed by atoms with Crippen molar-refractivity contribution in [2.24, 2.45) is 0 Å². The zero-order chi connectivity index (χ0) is 22.3. The fourth-order valence-corrected chi connectivity index (χ4v) is 6.17. The molecule has 0 aromatic heterocycles. The molecule has 0 fully saturated rings. The van der Waals surface area contributed by atoms with Crippen LogP contribution in [0.15, 0.2) is 78.4 Å². The topological polar surface area (TPSA) is 3.24 Å². The molecular formula is C31H31N. The van der Waals surface area contributed by atoms with Gasteiger partial charge in [0.1, 0.15) is 0 Å². The highest BCUT2D eigenvalue weighted by Gasteiger charge is 2.45. The maximum absolute atomic E-state index is 2.54. The number of hydrogen-bond donors (Lipinski definition) is 0. The van der Waals surface area contributed by atoms with Crippen molar-refractivity contribution in [2.45, 2.75) is 58.3 Å². The smallest absolute Gasteiger partial charge is 0.0543 e. The van der Waals surface area contributed by atoms with Gasteiger partial charge in [-0.3, -0.25) is 0 Å². The van der Waals surface area contributed by atoms with Gasteiger partial charge in [0.15, 0.2) is 0 Å². The van der Waals surface area contributed by atoms with Crippen LogP contribution >= 0.6 is 0 Å². The minimum Gasteiger partial charge on any atom is -0.309 e. The van der Waals surface area contributed by atoms with Crippen molar-refractivity contribution < 1.29 is 0 Å². The fraction of sp³-hybridized carbons (Fsp3) is 0.290. The summed E-state index contributed by atoms with van der Waals surface area (Å²) in [7, 11) is 0. The summed E-state index contributed by atoms with van der Waals surface area (Å²) in [5, 5.41) is 0. The number of allylic oxidation sites excluding steroid dienone is 4. The van der Waals surface area contributed by atoms with Crippen molar-refractivity contribution in [1.82, 2.24) is 0 Å². The first-order valence-corrected chi connectivity index (χ1v) is 11.9. The molecule has 0 amide bonds. The van der Waals surface area contributed by atoms with Crippen molar-refractivity contribution in [3.05, 3.63) is 106 Å². The Hall–Kier alpha value is -3.06. The molecule has 0 saturated carbocycles. The normalized spacial score (nSPS) is 19.3. The van der Waals surface area contributed by atoms with Crippen LogP contribution in [0.3, 0.4) is 0 Å². The van der Waals surface area contributed by atoms with Crippen LogP contribution in [0.4, 0.5) is 17.1 Å². The minimum absolute atomic E-state index is 0.0270. The summed E-state index contributed by atoms with van der Waals surface area (Å²) in [6, 6.07) is 23.0. The third kappa shape index (κ3) is 2.45. The average Bonchev–Trinajstić information content (AvgIpc) is 2.79. The third-order valence-electron chi connectivity index (χ3n) is 8.08. The number of para-hydroxylation sites is 2. The molecule has 2 aliphatic heterocycles. The van der Waals surface area contributed by atoms with E-state index in [1.165, 1.54) is 56.0 Å². The second-order valence-corrected chi connectivity index (χ2v) is 10.7. The van der Waals surface area contributed by atoms with Crippen molar-refractivity contribution in [3.63, 3.8) is 0 Å². The molecule has 160 valence electrons. The quantitative estimate of drug-likeness (QED) is 0.383. The van der Waals surface area contributed by atoms with Crippen LogP contribution < -0.4 is 4.90 Å². The lowest BCUT2D eigenvalue weighted by molar-refractivity contribution is 0.597. The molecule has 1 heteroatoms. The zero-order valence-corrected chi connectivity index (χ0v) is 19.8. The van der Waals surface area contributed by atoms with E-state index in [1.54, 1.807) is 0 Å². The van der Waals surface area contributed by atoms with E-state index in [4.69, 9.17) is 0 Å². The number of benzene rings is 3. The number of nitrogens with zero attached hydrogens (tertiary/aromatic N) is 1. The van der Waals surface area contributed by atoms with Crippen molar-refractivity contribution >= 4 is 22.6 Å². The Balaban J connectivity index is 1.66. The van der Waals surface area contributed by atoms with Crippen molar-refractivity contribution in [2.75, 3.05) is 4.90 Å². The van der Waals surface area contributed by atoms with Crippen LogP contribution in [0.5, 0.6) is 0 Å². The molecule has 0 atom stereocenters. The number of rotatable bonds is 1. The van der Waals surface area contributed by atoms with E-state index in [0.29, 0.717) is 0 Å². The summed E-state index contributed by atoms with van der Waals surface area (Å²) < 4.78 is 0. The summed E-state index contributed by atoms with van der Waals surface area (Å²) in [6.45, 7) is 11.8. The van der Waals surface area contributed by atoms with E-state index in [1.807, 2.05) is 0 Å². The van der Waals surface area contributed by atoms with Gasteiger partial charge in [0.05, 0.1) is 17.1 Å². The fourth-order valence-electron chi connectivity index (χ4n) is 6.17. The number of hydrogen-bond acceptors (Lipinski definition) is 1. The van der Waals surface area contributed by atoms with E-state index >= 15 is 0 Å². The van der Waals surface area contributed by atoms with Crippen molar-refractivity contribution in [3.8, 4) is 0 Å². The standard InChI is InChI=1S/C31H31N/c1-20-11-6-7-12-22(20)21-17-18-28-26(19-21)31(4,5)25-15-10-14-24-29(25)32(28)27-16-9-8-13-23(27)30(24,2)3/h7-10,12-19H,6,11H2,1-5H3. The predicted octanol–water partition coefficient (Wildman–Crippen LogP) is 8.56. The molecule has 0 bridgehead atoms. The Labute approximate surface area is 192 Å². The summed E-state index contributed by atoms with van der Waals surface area (Å²) in [4.78, 5) is 2.54. The summed E-state index contributed by atoms with van der Waals surface area (Å²) in [6.07, 6.45) is 6.95. The Morgan fingerprint density at radius 2 is 1.38 bits per heavy atom. The van der Waals surface area contributed by atoms with Gasteiger partial charge in [-0.1, -0.05) is 87.9 Å². The predicted molar refractivity (Wildman–Crippen MR) is 136 cm³/mol. The second-order valence-electron chi connectivity index (χ2n) is 10.7. The molecule has 6 rings (SSSR count). The second kappa shape index (κ2) is 6.48. The third-order valence-corrected chi connectivity index (χ3v) is 8.08. The molecule has 3 aromatic rings. The Bertz CT molecular complexity index is 1330. The van der Waals surface area contributed by atoms with Crippen molar-refractivity contribution in [1.29, 1.82) is 0 Å². The first kappa shape index (κ1) is 19.6. The van der Waals surface area contributed by atoms with Gasteiger partial charge in [-0.05, 0) is 71.4 Å². The van der Waals surface area contributed by atoms with Crippen LogP contribution in [0, 0.1) is 0 Å². The highest BCUT2D eigenvalue weighted by Crippen LogP contribution is 2.59. The average molecular weight is 418 g/mol. The van der Waals surface area contributed by atoms with Gasteiger partial charge in [-0.25, -0.2) is 0 Å². The van der Waals surface area contributed by atoms with E-state index in [2.05, 4.69) is 112 Å². The van der Waals surface area contributed by atoms with Crippen LogP contribution in [-0.4, -0.2) is 0 Å². The maximum atomic E-state index is 2.54. The SMILES string of the molecule is CC1=C(c2ccc3c(c2)C(C)(C)c2cccc4c2N3c2ccccc2C4(C)C)C=CCC1. The molecule has 2 heterocycles. The zero-order valence-electron chi connectivity index (χ0n) is 19.8. The molecular weight excluding hydrogens is 386 g/mol. The van der Waals surface area contributed by atoms with Gasteiger partial charge in [0.25, 0.3) is 0 Å². The van der Waals surface area contributed by atoms with Crippen LogP contribution in [0.1, 0.15) is 75.3 Å². The van der Waals surface area contributed by atoms with E-state index in [9.17, 15) is 0 Å². The first-order chi connectivity index (χ1) is 15.3. The van der Waals surface area contributed by atoms with Crippen LogP contribution in [0.25, 0.3) is 5.57 Å². The Kier molecular flexibility index (Phi) is 3.97. The number of anilines is 3.